The second kappa shape index (κ2) is 6.32. The molecule has 0 spiro atoms. The van der Waals surface area contributed by atoms with Gasteiger partial charge in [-0.3, -0.25) is 5.32 Å². The monoisotopic (exact) mass is 190 g/mol. The van der Waals surface area contributed by atoms with Gasteiger partial charge in [-0.05, 0) is 12.3 Å². The van der Waals surface area contributed by atoms with Crippen molar-refractivity contribution >= 4 is 0 Å². The highest BCUT2D eigenvalue weighted by Crippen LogP contribution is 2.05. The molecule has 0 heterocycles. The van der Waals surface area contributed by atoms with Crippen molar-refractivity contribution in [2.45, 2.75) is 52.1 Å². The Balaban J connectivity index is 3.94. The number of hydrogen-bond donors (Lipinski definition) is 4. The molecule has 0 amide bonds. The summed E-state index contributed by atoms with van der Waals surface area (Å²) in [7, 11) is 0. The Morgan fingerprint density at radius 2 is 1.85 bits per heavy atom. The SMILES string of the molecule is CCCC(O)N[C@@H](C(C)C)C(N)O. The third-order valence-corrected chi connectivity index (χ3v) is 2.03. The van der Waals surface area contributed by atoms with Crippen molar-refractivity contribution in [2.75, 3.05) is 0 Å². The van der Waals surface area contributed by atoms with Crippen molar-refractivity contribution in [3.05, 3.63) is 0 Å². The Morgan fingerprint density at radius 3 is 2.15 bits per heavy atom. The Labute approximate surface area is 80.1 Å². The van der Waals surface area contributed by atoms with E-state index in [1.54, 1.807) is 0 Å². The lowest BCUT2D eigenvalue weighted by molar-refractivity contribution is 0.0468. The van der Waals surface area contributed by atoms with Gasteiger partial charge in [-0.2, -0.15) is 0 Å². The average molecular weight is 190 g/mol. The molecule has 0 rings (SSSR count). The van der Waals surface area contributed by atoms with E-state index in [0.717, 1.165) is 6.42 Å². The maximum Gasteiger partial charge on any atom is 0.118 e. The molecule has 13 heavy (non-hydrogen) atoms. The van der Waals surface area contributed by atoms with Gasteiger partial charge in [0.25, 0.3) is 0 Å². The minimum absolute atomic E-state index is 0.200. The molecule has 0 saturated heterocycles. The lowest BCUT2D eigenvalue weighted by Gasteiger charge is -2.27. The van der Waals surface area contributed by atoms with E-state index in [4.69, 9.17) is 5.73 Å². The highest BCUT2D eigenvalue weighted by atomic mass is 16.3. The largest absolute Gasteiger partial charge is 0.379 e. The zero-order chi connectivity index (χ0) is 10.4. The molecule has 3 atom stereocenters. The van der Waals surface area contributed by atoms with Gasteiger partial charge in [0.15, 0.2) is 0 Å². The van der Waals surface area contributed by atoms with Crippen molar-refractivity contribution in [3.8, 4) is 0 Å². The minimum Gasteiger partial charge on any atom is -0.379 e. The second-order valence-electron chi connectivity index (χ2n) is 3.73. The van der Waals surface area contributed by atoms with Crippen LogP contribution in [0.2, 0.25) is 0 Å². The van der Waals surface area contributed by atoms with Crippen molar-refractivity contribution in [1.29, 1.82) is 0 Å². The Morgan fingerprint density at radius 1 is 1.31 bits per heavy atom. The van der Waals surface area contributed by atoms with E-state index in [0.29, 0.717) is 6.42 Å². The zero-order valence-corrected chi connectivity index (χ0v) is 8.70. The summed E-state index contributed by atoms with van der Waals surface area (Å²) >= 11 is 0. The first-order chi connectivity index (χ1) is 5.99. The predicted molar refractivity (Wildman–Crippen MR) is 52.9 cm³/mol. The summed E-state index contributed by atoms with van der Waals surface area (Å²) < 4.78 is 0. The van der Waals surface area contributed by atoms with Crippen LogP contribution in [0.5, 0.6) is 0 Å². The van der Waals surface area contributed by atoms with Gasteiger partial charge in [-0.1, -0.05) is 27.2 Å². The van der Waals surface area contributed by atoms with Crippen LogP contribution in [-0.4, -0.2) is 28.7 Å². The molecule has 4 nitrogen and oxygen atoms in total. The van der Waals surface area contributed by atoms with E-state index < -0.39 is 12.5 Å². The van der Waals surface area contributed by atoms with Gasteiger partial charge >= 0.3 is 0 Å². The topological polar surface area (TPSA) is 78.5 Å². The summed E-state index contributed by atoms with van der Waals surface area (Å²) in [5, 5.41) is 21.5. The molecule has 5 N–H and O–H groups in total. The van der Waals surface area contributed by atoms with Gasteiger partial charge in [-0.25, -0.2) is 0 Å². The third kappa shape index (κ3) is 5.21. The molecule has 0 radical (unpaired) electrons. The van der Waals surface area contributed by atoms with E-state index in [9.17, 15) is 10.2 Å². The van der Waals surface area contributed by atoms with Gasteiger partial charge in [0, 0.05) is 0 Å². The number of hydrogen-bond acceptors (Lipinski definition) is 4. The maximum absolute atomic E-state index is 9.44. The van der Waals surface area contributed by atoms with Crippen LogP contribution in [0.25, 0.3) is 0 Å². The van der Waals surface area contributed by atoms with Crippen molar-refractivity contribution in [3.63, 3.8) is 0 Å². The average Bonchev–Trinajstić information content (AvgIpc) is 1.99. The molecular formula is C9H22N2O2. The fourth-order valence-electron chi connectivity index (χ4n) is 1.26. The fourth-order valence-corrected chi connectivity index (χ4v) is 1.26. The Hall–Kier alpha value is -0.160. The van der Waals surface area contributed by atoms with Crippen LogP contribution in [0, 0.1) is 5.92 Å². The smallest absolute Gasteiger partial charge is 0.118 e. The third-order valence-electron chi connectivity index (χ3n) is 2.03. The van der Waals surface area contributed by atoms with Crippen molar-refractivity contribution in [1.82, 2.24) is 5.32 Å². The van der Waals surface area contributed by atoms with Crippen LogP contribution in [0.15, 0.2) is 0 Å². The van der Waals surface area contributed by atoms with Crippen LogP contribution in [0.3, 0.4) is 0 Å². The lowest BCUT2D eigenvalue weighted by Crippen LogP contribution is -2.52. The highest BCUT2D eigenvalue weighted by Gasteiger charge is 2.21. The molecular weight excluding hydrogens is 168 g/mol. The normalized spacial score (nSPS) is 18.7. The first-order valence-electron chi connectivity index (χ1n) is 4.86. The molecule has 0 aliphatic rings. The predicted octanol–water partition coefficient (Wildman–Crippen LogP) is -0.00380. The molecule has 0 aliphatic carbocycles. The van der Waals surface area contributed by atoms with Crippen molar-refractivity contribution in [2.24, 2.45) is 11.7 Å². The van der Waals surface area contributed by atoms with E-state index in [1.807, 2.05) is 20.8 Å². The molecule has 0 aromatic heterocycles. The van der Waals surface area contributed by atoms with Crippen LogP contribution in [0.4, 0.5) is 0 Å². The minimum atomic E-state index is -0.925. The standard InChI is InChI=1S/C9H22N2O2/c1-4-5-7(12)11-8(6(2)3)9(10)13/h6-9,11-13H,4-5,10H2,1-3H3/t7?,8-,9?/m0/s1. The van der Waals surface area contributed by atoms with Crippen LogP contribution in [0.1, 0.15) is 33.6 Å². The summed E-state index contributed by atoms with van der Waals surface area (Å²) in [5.41, 5.74) is 5.36. The second-order valence-corrected chi connectivity index (χ2v) is 3.73. The summed E-state index contributed by atoms with van der Waals surface area (Å²) in [6, 6.07) is -0.249. The number of rotatable bonds is 6. The summed E-state index contributed by atoms with van der Waals surface area (Å²) in [6.45, 7) is 5.90. The van der Waals surface area contributed by atoms with Gasteiger partial charge in [0.2, 0.25) is 0 Å². The summed E-state index contributed by atoms with van der Waals surface area (Å²) in [5.74, 6) is 0.200. The zero-order valence-electron chi connectivity index (χ0n) is 8.70. The molecule has 0 saturated carbocycles. The van der Waals surface area contributed by atoms with E-state index in [2.05, 4.69) is 5.32 Å². The van der Waals surface area contributed by atoms with Gasteiger partial charge in [0.1, 0.15) is 12.5 Å². The number of nitrogens with one attached hydrogen (secondary N) is 1. The van der Waals surface area contributed by atoms with E-state index in [1.165, 1.54) is 0 Å². The molecule has 0 aliphatic heterocycles. The van der Waals surface area contributed by atoms with Crippen LogP contribution < -0.4 is 11.1 Å². The molecule has 0 aromatic carbocycles. The first-order valence-corrected chi connectivity index (χ1v) is 4.86. The molecule has 0 bridgehead atoms. The Bertz CT molecular complexity index is 121. The van der Waals surface area contributed by atoms with Crippen LogP contribution >= 0.6 is 0 Å². The number of aliphatic hydroxyl groups is 2. The molecule has 4 heteroatoms. The highest BCUT2D eigenvalue weighted by molar-refractivity contribution is 4.75. The maximum atomic E-state index is 9.44. The molecule has 0 fully saturated rings. The quantitative estimate of drug-likeness (QED) is 0.444. The fraction of sp³-hybridized carbons (Fsp3) is 1.00. The summed E-state index contributed by atoms with van der Waals surface area (Å²) in [4.78, 5) is 0. The molecule has 80 valence electrons. The number of aliphatic hydroxyl groups excluding tert-OH is 2. The lowest BCUT2D eigenvalue weighted by atomic mass is 10.0. The molecule has 2 unspecified atom stereocenters. The van der Waals surface area contributed by atoms with Crippen molar-refractivity contribution < 1.29 is 10.2 Å². The van der Waals surface area contributed by atoms with Crippen LogP contribution in [-0.2, 0) is 0 Å². The van der Waals surface area contributed by atoms with E-state index in [-0.39, 0.29) is 12.0 Å². The van der Waals surface area contributed by atoms with E-state index >= 15 is 0 Å². The Kier molecular flexibility index (Phi) is 6.24. The van der Waals surface area contributed by atoms with Gasteiger partial charge < -0.3 is 15.9 Å². The number of nitrogens with two attached hydrogens (primary N) is 1. The molecule has 0 aromatic rings. The van der Waals surface area contributed by atoms with Gasteiger partial charge in [-0.15, -0.1) is 0 Å². The van der Waals surface area contributed by atoms with Gasteiger partial charge in [0.05, 0.1) is 6.04 Å². The summed E-state index contributed by atoms with van der Waals surface area (Å²) in [6.07, 6.45) is 0.0809. The first kappa shape index (κ1) is 12.8.